The molecule has 0 aromatic heterocycles. The summed E-state index contributed by atoms with van der Waals surface area (Å²) in [7, 11) is 0. The van der Waals surface area contributed by atoms with Crippen molar-refractivity contribution < 1.29 is 24.1 Å². The van der Waals surface area contributed by atoms with Gasteiger partial charge in [0.05, 0.1) is 9.85 Å². The van der Waals surface area contributed by atoms with Crippen molar-refractivity contribution in [3.63, 3.8) is 0 Å². The summed E-state index contributed by atoms with van der Waals surface area (Å²) in [5.41, 5.74) is 1.68. The van der Waals surface area contributed by atoms with E-state index < -0.39 is 15.8 Å². The van der Waals surface area contributed by atoms with Crippen LogP contribution in [0.2, 0.25) is 0 Å². The van der Waals surface area contributed by atoms with Gasteiger partial charge < -0.3 is 9.47 Å². The number of benzene rings is 3. The molecule has 0 N–H and O–H groups in total. The third-order valence-corrected chi connectivity index (χ3v) is 4.63. The van der Waals surface area contributed by atoms with E-state index in [2.05, 4.69) is 4.99 Å². The number of non-ortho nitro benzene ring substituents is 2. The number of carbonyl (C=O) groups is 1. The molecule has 10 nitrogen and oxygen atoms in total. The normalized spacial score (nSPS) is 14.0. The standard InChI is InChI=1S/C23H15N3O7/c27-23-21(24-22(33-23)17-7-9-18(10-8-17)25(28)29)13-15-3-2-6-20(12-15)32-14-16-4-1-5-19(11-16)26(30)31/h1-13H,14H2/b21-13-. The Balaban J connectivity index is 1.49. The summed E-state index contributed by atoms with van der Waals surface area (Å²) in [6.45, 7) is 0.131. The Morgan fingerprint density at radius 3 is 2.36 bits per heavy atom. The quantitative estimate of drug-likeness (QED) is 0.227. The SMILES string of the molecule is O=C1OC(c2ccc([N+](=O)[O-])cc2)=N/C1=C\c1cccc(OCc2cccc([N+](=O)[O-])c2)c1. The number of cyclic esters (lactones) is 1. The molecule has 0 bridgehead atoms. The molecule has 4 rings (SSSR count). The van der Waals surface area contributed by atoms with E-state index >= 15 is 0 Å². The molecular formula is C23H15N3O7. The molecular weight excluding hydrogens is 430 g/mol. The topological polar surface area (TPSA) is 134 Å². The summed E-state index contributed by atoms with van der Waals surface area (Å²) in [5.74, 6) is -0.0905. The highest BCUT2D eigenvalue weighted by molar-refractivity contribution is 6.12. The van der Waals surface area contributed by atoms with E-state index in [1.165, 1.54) is 42.5 Å². The molecule has 0 aliphatic carbocycles. The molecule has 33 heavy (non-hydrogen) atoms. The van der Waals surface area contributed by atoms with Crippen LogP contribution in [0.25, 0.3) is 6.08 Å². The predicted molar refractivity (Wildman–Crippen MR) is 118 cm³/mol. The number of hydrogen-bond acceptors (Lipinski definition) is 8. The molecule has 0 fully saturated rings. The molecule has 1 aliphatic rings. The smallest absolute Gasteiger partial charge is 0.363 e. The number of carbonyl (C=O) groups excluding carboxylic acids is 1. The molecule has 0 saturated carbocycles. The lowest BCUT2D eigenvalue weighted by Crippen LogP contribution is -2.05. The van der Waals surface area contributed by atoms with Gasteiger partial charge >= 0.3 is 5.97 Å². The maximum Gasteiger partial charge on any atom is 0.363 e. The van der Waals surface area contributed by atoms with Crippen molar-refractivity contribution in [3.8, 4) is 5.75 Å². The third-order valence-electron chi connectivity index (χ3n) is 4.63. The maximum atomic E-state index is 12.2. The van der Waals surface area contributed by atoms with Gasteiger partial charge in [-0.25, -0.2) is 9.79 Å². The van der Waals surface area contributed by atoms with Crippen LogP contribution in [-0.4, -0.2) is 21.7 Å². The zero-order valence-electron chi connectivity index (χ0n) is 16.9. The van der Waals surface area contributed by atoms with Gasteiger partial charge in [0.15, 0.2) is 5.70 Å². The first kappa shape index (κ1) is 21.4. The molecule has 0 amide bonds. The Bertz CT molecular complexity index is 1310. The Labute approximate surface area is 186 Å². The van der Waals surface area contributed by atoms with Gasteiger partial charge in [-0.3, -0.25) is 20.2 Å². The van der Waals surface area contributed by atoms with Crippen molar-refractivity contribution in [1.29, 1.82) is 0 Å². The van der Waals surface area contributed by atoms with Crippen LogP contribution in [0.15, 0.2) is 83.5 Å². The van der Waals surface area contributed by atoms with E-state index in [1.807, 2.05) is 0 Å². The van der Waals surface area contributed by atoms with E-state index in [-0.39, 0.29) is 29.6 Å². The second-order valence-electron chi connectivity index (χ2n) is 6.93. The van der Waals surface area contributed by atoms with Crippen LogP contribution in [0.1, 0.15) is 16.7 Å². The van der Waals surface area contributed by atoms with Gasteiger partial charge in [-0.05, 0) is 41.5 Å². The highest BCUT2D eigenvalue weighted by Gasteiger charge is 2.24. The van der Waals surface area contributed by atoms with Gasteiger partial charge in [0.25, 0.3) is 11.4 Å². The lowest BCUT2D eigenvalue weighted by Gasteiger charge is -2.07. The molecule has 1 heterocycles. The summed E-state index contributed by atoms with van der Waals surface area (Å²) in [5, 5.41) is 21.7. The van der Waals surface area contributed by atoms with Crippen LogP contribution >= 0.6 is 0 Å². The van der Waals surface area contributed by atoms with Crippen molar-refractivity contribution in [1.82, 2.24) is 0 Å². The van der Waals surface area contributed by atoms with E-state index in [0.29, 0.717) is 22.4 Å². The van der Waals surface area contributed by atoms with Crippen LogP contribution in [0, 0.1) is 20.2 Å². The molecule has 0 atom stereocenters. The minimum Gasteiger partial charge on any atom is -0.489 e. The lowest BCUT2D eigenvalue weighted by molar-refractivity contribution is -0.385. The fourth-order valence-corrected chi connectivity index (χ4v) is 3.04. The van der Waals surface area contributed by atoms with E-state index in [4.69, 9.17) is 9.47 Å². The number of hydrogen-bond donors (Lipinski definition) is 0. The van der Waals surface area contributed by atoms with Crippen LogP contribution < -0.4 is 4.74 Å². The highest BCUT2D eigenvalue weighted by Crippen LogP contribution is 2.23. The third kappa shape index (κ3) is 5.07. The van der Waals surface area contributed by atoms with Crippen LogP contribution in [0.4, 0.5) is 11.4 Å². The number of nitro groups is 2. The summed E-state index contributed by atoms with van der Waals surface area (Å²) >= 11 is 0. The second-order valence-corrected chi connectivity index (χ2v) is 6.93. The fraction of sp³-hybridized carbons (Fsp3) is 0.0435. The molecule has 0 radical (unpaired) electrons. The van der Waals surface area contributed by atoms with Crippen LogP contribution in [0.3, 0.4) is 0 Å². The van der Waals surface area contributed by atoms with Crippen molar-refractivity contribution in [2.24, 2.45) is 4.99 Å². The number of aliphatic imine (C=N–C) groups is 1. The lowest BCUT2D eigenvalue weighted by atomic mass is 10.2. The molecule has 3 aromatic carbocycles. The zero-order chi connectivity index (χ0) is 23.4. The van der Waals surface area contributed by atoms with Gasteiger partial charge in [0.1, 0.15) is 12.4 Å². The minimum absolute atomic E-state index is 0.0176. The number of esters is 1. The van der Waals surface area contributed by atoms with Crippen LogP contribution in [-0.2, 0) is 16.1 Å². The van der Waals surface area contributed by atoms with Crippen molar-refractivity contribution in [2.75, 3.05) is 0 Å². The Kier molecular flexibility index (Phi) is 5.90. The number of ether oxygens (including phenoxy) is 2. The monoisotopic (exact) mass is 445 g/mol. The summed E-state index contributed by atoms with van der Waals surface area (Å²) in [6, 6.07) is 18.6. The first-order chi connectivity index (χ1) is 15.9. The molecule has 0 unspecified atom stereocenters. The second kappa shape index (κ2) is 9.10. The number of nitro benzene ring substituents is 2. The molecule has 3 aromatic rings. The van der Waals surface area contributed by atoms with E-state index in [1.54, 1.807) is 36.4 Å². The van der Waals surface area contributed by atoms with Gasteiger partial charge in [-0.15, -0.1) is 0 Å². The summed E-state index contributed by atoms with van der Waals surface area (Å²) in [6.07, 6.45) is 1.53. The molecule has 0 saturated heterocycles. The Morgan fingerprint density at radius 1 is 0.909 bits per heavy atom. The van der Waals surface area contributed by atoms with Gasteiger partial charge in [0.2, 0.25) is 5.90 Å². The van der Waals surface area contributed by atoms with Crippen molar-refractivity contribution in [3.05, 3.63) is 115 Å². The number of nitrogens with zero attached hydrogens (tertiary/aromatic N) is 3. The van der Waals surface area contributed by atoms with E-state index in [9.17, 15) is 25.0 Å². The Hall–Kier alpha value is -4.86. The van der Waals surface area contributed by atoms with Gasteiger partial charge in [-0.2, -0.15) is 0 Å². The molecule has 1 aliphatic heterocycles. The summed E-state index contributed by atoms with van der Waals surface area (Å²) < 4.78 is 10.9. The molecule has 164 valence electrons. The van der Waals surface area contributed by atoms with Gasteiger partial charge in [-0.1, -0.05) is 24.3 Å². The first-order valence-corrected chi connectivity index (χ1v) is 9.62. The fourth-order valence-electron chi connectivity index (χ4n) is 3.04. The molecule has 10 heteroatoms. The summed E-state index contributed by atoms with van der Waals surface area (Å²) in [4.78, 5) is 37.1. The Morgan fingerprint density at radius 2 is 1.64 bits per heavy atom. The highest BCUT2D eigenvalue weighted by atomic mass is 16.6. The van der Waals surface area contributed by atoms with Gasteiger partial charge in [0, 0.05) is 29.8 Å². The number of rotatable bonds is 7. The maximum absolute atomic E-state index is 12.2. The van der Waals surface area contributed by atoms with Crippen molar-refractivity contribution in [2.45, 2.75) is 6.61 Å². The van der Waals surface area contributed by atoms with E-state index in [0.717, 1.165) is 0 Å². The minimum atomic E-state index is -0.647. The van der Waals surface area contributed by atoms with Crippen LogP contribution in [0.5, 0.6) is 5.75 Å². The average molecular weight is 445 g/mol. The molecule has 0 spiro atoms. The predicted octanol–water partition coefficient (Wildman–Crippen LogP) is 4.43. The average Bonchev–Trinajstić information content (AvgIpc) is 3.18. The zero-order valence-corrected chi connectivity index (χ0v) is 16.9. The first-order valence-electron chi connectivity index (χ1n) is 9.62. The van der Waals surface area contributed by atoms with Crippen molar-refractivity contribution >= 4 is 29.3 Å². The largest absolute Gasteiger partial charge is 0.489 e.